The van der Waals surface area contributed by atoms with E-state index in [2.05, 4.69) is 10.3 Å². The second-order valence-electron chi connectivity index (χ2n) is 6.34. The average molecular weight is 354 g/mol. The number of hydrogen-bond donors (Lipinski definition) is 1. The molecule has 2 aromatic rings. The summed E-state index contributed by atoms with van der Waals surface area (Å²) in [6, 6.07) is 5.73. The summed E-state index contributed by atoms with van der Waals surface area (Å²) in [7, 11) is -3.47. The van der Waals surface area contributed by atoms with E-state index >= 15 is 0 Å². The number of aryl methyl sites for hydroxylation is 1. The first-order valence-corrected chi connectivity index (χ1v) is 9.06. The molecule has 2 fully saturated rings. The number of benzene rings is 1. The quantitative estimate of drug-likeness (QED) is 0.896. The Morgan fingerprint density at radius 2 is 2.09 bits per heavy atom. The van der Waals surface area contributed by atoms with Crippen LogP contribution in [-0.2, 0) is 10.0 Å². The van der Waals surface area contributed by atoms with Crippen LogP contribution in [0.1, 0.15) is 12.0 Å². The summed E-state index contributed by atoms with van der Waals surface area (Å²) in [6.45, 7) is 4.02. The van der Waals surface area contributed by atoms with Crippen LogP contribution in [0.2, 0.25) is 0 Å². The van der Waals surface area contributed by atoms with Gasteiger partial charge in [-0.1, -0.05) is 12.1 Å². The fraction of sp³-hybridized carbons (Fsp3) is 0.438. The third-order valence-electron chi connectivity index (χ3n) is 4.75. The predicted octanol–water partition coefficient (Wildman–Crippen LogP) is 1.95. The Balaban J connectivity index is 0.00000156. The molecule has 0 radical (unpaired) electrons. The first kappa shape index (κ1) is 16.6. The summed E-state index contributed by atoms with van der Waals surface area (Å²) in [6.07, 6.45) is 4.54. The van der Waals surface area contributed by atoms with Gasteiger partial charge in [0.2, 0.25) is 10.0 Å². The van der Waals surface area contributed by atoms with Crippen LogP contribution in [0.3, 0.4) is 0 Å². The Morgan fingerprint density at radius 3 is 2.87 bits per heavy atom. The minimum Gasteiger partial charge on any atom is -0.312 e. The molecule has 2 bridgehead atoms. The molecule has 0 amide bonds. The first-order chi connectivity index (χ1) is 10.6. The molecule has 2 saturated heterocycles. The minimum absolute atomic E-state index is 0. The van der Waals surface area contributed by atoms with E-state index < -0.39 is 10.0 Å². The molecule has 4 rings (SSSR count). The van der Waals surface area contributed by atoms with Crippen molar-refractivity contribution in [3.63, 3.8) is 0 Å². The molecule has 2 aliphatic rings. The van der Waals surface area contributed by atoms with E-state index in [0.717, 1.165) is 29.3 Å². The minimum atomic E-state index is -3.47. The van der Waals surface area contributed by atoms with E-state index in [-0.39, 0.29) is 12.4 Å². The van der Waals surface area contributed by atoms with Gasteiger partial charge in [-0.25, -0.2) is 8.42 Å². The van der Waals surface area contributed by atoms with Gasteiger partial charge in [-0.15, -0.1) is 12.4 Å². The lowest BCUT2D eigenvalue weighted by atomic mass is 10.0. The highest BCUT2D eigenvalue weighted by atomic mass is 35.5. The van der Waals surface area contributed by atoms with Gasteiger partial charge in [0.15, 0.2) is 0 Å². The van der Waals surface area contributed by atoms with E-state index in [4.69, 9.17) is 0 Å². The molecular weight excluding hydrogens is 334 g/mol. The Hall–Kier alpha value is -1.21. The van der Waals surface area contributed by atoms with Crippen LogP contribution in [0.4, 0.5) is 0 Å². The third-order valence-corrected chi connectivity index (χ3v) is 6.63. The number of nitrogens with zero attached hydrogens (tertiary/aromatic N) is 2. The number of rotatable bonds is 2. The summed E-state index contributed by atoms with van der Waals surface area (Å²) in [5.74, 6) is 0.436. The highest BCUT2D eigenvalue weighted by molar-refractivity contribution is 7.89. The largest absolute Gasteiger partial charge is 0.312 e. The third kappa shape index (κ3) is 2.74. The second-order valence-corrected chi connectivity index (χ2v) is 8.25. The highest BCUT2D eigenvalue weighted by Gasteiger charge is 2.38. The fourth-order valence-electron chi connectivity index (χ4n) is 3.71. The summed E-state index contributed by atoms with van der Waals surface area (Å²) in [5, 5.41) is 5.07. The Labute approximate surface area is 142 Å². The van der Waals surface area contributed by atoms with Crippen molar-refractivity contribution in [2.75, 3.05) is 19.6 Å². The van der Waals surface area contributed by atoms with Crippen molar-refractivity contribution in [2.45, 2.75) is 24.3 Å². The number of halogens is 1. The highest BCUT2D eigenvalue weighted by Crippen LogP contribution is 2.31. The van der Waals surface area contributed by atoms with E-state index in [1.165, 1.54) is 0 Å². The lowest BCUT2D eigenvalue weighted by Crippen LogP contribution is -2.44. The van der Waals surface area contributed by atoms with Crippen molar-refractivity contribution in [1.82, 2.24) is 14.6 Å². The van der Waals surface area contributed by atoms with Gasteiger partial charge in [0, 0.05) is 42.3 Å². The Kier molecular flexibility index (Phi) is 4.35. The number of nitrogens with one attached hydrogen (secondary N) is 1. The lowest BCUT2D eigenvalue weighted by molar-refractivity contribution is 0.295. The lowest BCUT2D eigenvalue weighted by Gasteiger charge is -2.30. The summed E-state index contributed by atoms with van der Waals surface area (Å²) >= 11 is 0. The van der Waals surface area contributed by atoms with Crippen molar-refractivity contribution in [2.24, 2.45) is 5.92 Å². The molecule has 0 spiro atoms. The van der Waals surface area contributed by atoms with E-state index in [1.54, 1.807) is 28.8 Å². The molecule has 5 nitrogen and oxygen atoms in total. The van der Waals surface area contributed by atoms with E-state index in [1.807, 2.05) is 13.0 Å². The van der Waals surface area contributed by atoms with Gasteiger partial charge in [0.1, 0.15) is 0 Å². The monoisotopic (exact) mass is 353 g/mol. The molecule has 2 unspecified atom stereocenters. The number of aromatic nitrogens is 1. The Bertz CT molecular complexity index is 823. The molecule has 23 heavy (non-hydrogen) atoms. The van der Waals surface area contributed by atoms with Gasteiger partial charge in [-0.05, 0) is 37.4 Å². The molecule has 7 heteroatoms. The molecule has 3 heterocycles. The fourth-order valence-corrected chi connectivity index (χ4v) is 5.56. The molecule has 0 aliphatic carbocycles. The molecule has 2 aliphatic heterocycles. The van der Waals surface area contributed by atoms with E-state index in [0.29, 0.717) is 29.9 Å². The number of fused-ring (bicyclic) bond motifs is 3. The second kappa shape index (κ2) is 6.02. The SMILES string of the molecule is Cc1cncc2cccc(S(=O)(=O)N3CC4CNC(C4)C3)c12.Cl. The summed E-state index contributed by atoms with van der Waals surface area (Å²) < 4.78 is 28.0. The van der Waals surface area contributed by atoms with Gasteiger partial charge in [0.05, 0.1) is 4.90 Å². The van der Waals surface area contributed by atoms with Crippen LogP contribution in [-0.4, -0.2) is 43.4 Å². The zero-order valence-corrected chi connectivity index (χ0v) is 14.5. The van der Waals surface area contributed by atoms with Gasteiger partial charge in [-0.2, -0.15) is 4.31 Å². The molecule has 0 saturated carbocycles. The topological polar surface area (TPSA) is 62.3 Å². The van der Waals surface area contributed by atoms with Gasteiger partial charge in [0.25, 0.3) is 0 Å². The average Bonchev–Trinajstić information content (AvgIpc) is 2.85. The number of sulfonamides is 1. The Morgan fingerprint density at radius 1 is 1.26 bits per heavy atom. The van der Waals surface area contributed by atoms with Crippen molar-refractivity contribution in [3.8, 4) is 0 Å². The smallest absolute Gasteiger partial charge is 0.243 e. The molecular formula is C16H20ClN3O2S. The molecule has 2 atom stereocenters. The van der Waals surface area contributed by atoms with Gasteiger partial charge in [-0.3, -0.25) is 4.98 Å². The van der Waals surface area contributed by atoms with Gasteiger partial charge >= 0.3 is 0 Å². The maximum absolute atomic E-state index is 13.2. The van der Waals surface area contributed by atoms with Crippen LogP contribution >= 0.6 is 12.4 Å². The van der Waals surface area contributed by atoms with Crippen LogP contribution in [0.5, 0.6) is 0 Å². The zero-order chi connectivity index (χ0) is 15.3. The molecule has 124 valence electrons. The molecule has 1 N–H and O–H groups in total. The first-order valence-electron chi connectivity index (χ1n) is 7.62. The van der Waals surface area contributed by atoms with Crippen molar-refractivity contribution < 1.29 is 8.42 Å². The van der Waals surface area contributed by atoms with Crippen LogP contribution in [0, 0.1) is 12.8 Å². The normalized spacial score (nSPS) is 24.6. The number of piperidine rings is 1. The zero-order valence-electron chi connectivity index (χ0n) is 12.9. The van der Waals surface area contributed by atoms with Gasteiger partial charge < -0.3 is 5.32 Å². The van der Waals surface area contributed by atoms with Crippen LogP contribution in [0.15, 0.2) is 35.5 Å². The molecule has 1 aromatic heterocycles. The number of hydrogen-bond acceptors (Lipinski definition) is 4. The maximum atomic E-state index is 13.2. The summed E-state index contributed by atoms with van der Waals surface area (Å²) in [5.41, 5.74) is 0.898. The van der Waals surface area contributed by atoms with Crippen LogP contribution < -0.4 is 5.32 Å². The van der Waals surface area contributed by atoms with Crippen molar-refractivity contribution >= 4 is 33.2 Å². The number of pyridine rings is 1. The van der Waals surface area contributed by atoms with Crippen LogP contribution in [0.25, 0.3) is 10.8 Å². The van der Waals surface area contributed by atoms with Crippen molar-refractivity contribution in [3.05, 3.63) is 36.2 Å². The summed E-state index contributed by atoms with van der Waals surface area (Å²) in [4.78, 5) is 4.57. The van der Waals surface area contributed by atoms with Crippen molar-refractivity contribution in [1.29, 1.82) is 0 Å². The molecule has 1 aromatic carbocycles. The predicted molar refractivity (Wildman–Crippen MR) is 92.4 cm³/mol. The standard InChI is InChI=1S/C16H19N3O2S.ClH/c1-11-6-17-8-13-3-2-4-15(16(11)13)22(20,21)19-9-12-5-14(10-19)18-7-12;/h2-4,6,8,12,14,18H,5,7,9-10H2,1H3;1H. The maximum Gasteiger partial charge on any atom is 0.243 e. The van der Waals surface area contributed by atoms with E-state index in [9.17, 15) is 8.42 Å².